The van der Waals surface area contributed by atoms with Crippen molar-refractivity contribution in [3.63, 3.8) is 0 Å². The number of rotatable bonds is 15. The molecule has 0 radical (unpaired) electrons. The number of ether oxygens (including phenoxy) is 1. The second-order valence-corrected chi connectivity index (χ2v) is 6.32. The monoisotopic (exact) mass is 368 g/mol. The Morgan fingerprint density at radius 3 is 1.81 bits per heavy atom. The molecule has 0 aliphatic carbocycles. The van der Waals surface area contributed by atoms with E-state index in [0.717, 1.165) is 32.1 Å². The number of esters is 1. The minimum Gasteiger partial charge on any atom is -0.478 e. The van der Waals surface area contributed by atoms with Gasteiger partial charge in [0.1, 0.15) is 0 Å². The van der Waals surface area contributed by atoms with Crippen molar-refractivity contribution in [2.45, 2.75) is 78.1 Å². The molecule has 0 saturated heterocycles. The number of carbonyl (C=O) groups is 3. The minimum atomic E-state index is -1.22. The van der Waals surface area contributed by atoms with Crippen LogP contribution in [0.1, 0.15) is 78.1 Å². The third kappa shape index (κ3) is 10.0. The lowest BCUT2D eigenvalue weighted by atomic mass is 9.97. The maximum Gasteiger partial charge on any atom is 0.333 e. The van der Waals surface area contributed by atoms with E-state index < -0.39 is 17.9 Å². The Labute approximate surface area is 155 Å². The van der Waals surface area contributed by atoms with Crippen LogP contribution in [-0.4, -0.2) is 34.7 Å². The molecule has 148 valence electrons. The molecule has 0 unspecified atom stereocenters. The van der Waals surface area contributed by atoms with Gasteiger partial charge in [-0.15, -0.1) is 0 Å². The highest BCUT2D eigenvalue weighted by Gasteiger charge is 2.20. The molecule has 0 aromatic carbocycles. The zero-order valence-electron chi connectivity index (χ0n) is 16.0. The van der Waals surface area contributed by atoms with Crippen LogP contribution in [-0.2, 0) is 19.1 Å². The van der Waals surface area contributed by atoms with Gasteiger partial charge in [0.05, 0.1) is 6.61 Å². The lowest BCUT2D eigenvalue weighted by Gasteiger charge is -2.10. The van der Waals surface area contributed by atoms with Gasteiger partial charge in [-0.3, -0.25) is 0 Å². The van der Waals surface area contributed by atoms with Gasteiger partial charge in [0.25, 0.3) is 0 Å². The Morgan fingerprint density at radius 2 is 1.31 bits per heavy atom. The van der Waals surface area contributed by atoms with E-state index in [1.807, 2.05) is 6.92 Å². The number of hydrogen-bond acceptors (Lipinski definition) is 4. The first-order valence-electron chi connectivity index (χ1n) is 9.38. The van der Waals surface area contributed by atoms with Gasteiger partial charge in [0.15, 0.2) is 0 Å². The van der Waals surface area contributed by atoms with Crippen molar-refractivity contribution >= 4 is 17.9 Å². The molecule has 6 nitrogen and oxygen atoms in total. The second-order valence-electron chi connectivity index (χ2n) is 6.32. The molecule has 0 aromatic rings. The van der Waals surface area contributed by atoms with Gasteiger partial charge in [-0.25, -0.2) is 14.4 Å². The van der Waals surface area contributed by atoms with Crippen molar-refractivity contribution in [2.24, 2.45) is 0 Å². The van der Waals surface area contributed by atoms with Crippen molar-refractivity contribution in [3.05, 3.63) is 23.3 Å². The lowest BCUT2D eigenvalue weighted by molar-refractivity contribution is -0.139. The predicted octanol–water partition coefficient (Wildman–Crippen LogP) is 4.49. The quantitative estimate of drug-likeness (QED) is 0.251. The van der Waals surface area contributed by atoms with Crippen molar-refractivity contribution in [3.8, 4) is 0 Å². The summed E-state index contributed by atoms with van der Waals surface area (Å²) < 4.78 is 5.13. The molecule has 6 heteroatoms. The molecule has 0 rings (SSSR count). The molecule has 0 aliphatic rings. The van der Waals surface area contributed by atoms with Gasteiger partial charge in [-0.1, -0.05) is 46.1 Å². The van der Waals surface area contributed by atoms with E-state index in [4.69, 9.17) is 4.74 Å². The number of hydrogen-bond donors (Lipinski definition) is 2. The van der Waals surface area contributed by atoms with Crippen molar-refractivity contribution in [2.75, 3.05) is 6.61 Å². The second kappa shape index (κ2) is 14.1. The van der Waals surface area contributed by atoms with E-state index in [1.54, 1.807) is 0 Å². The summed E-state index contributed by atoms with van der Waals surface area (Å²) in [4.78, 5) is 34.6. The van der Waals surface area contributed by atoms with Crippen LogP contribution >= 0.6 is 0 Å². The maximum atomic E-state index is 11.8. The normalized spacial score (nSPS) is 11.6. The van der Waals surface area contributed by atoms with Crippen LogP contribution in [0.3, 0.4) is 0 Å². The van der Waals surface area contributed by atoms with Gasteiger partial charge in [0, 0.05) is 16.7 Å². The number of carboxylic acids is 2. The topological polar surface area (TPSA) is 101 Å². The zero-order chi connectivity index (χ0) is 19.9. The summed E-state index contributed by atoms with van der Waals surface area (Å²) in [5, 5.41) is 18.6. The Kier molecular flexibility index (Phi) is 13.0. The third-order valence-corrected chi connectivity index (χ3v) is 4.09. The van der Waals surface area contributed by atoms with Crippen LogP contribution in [0.25, 0.3) is 0 Å². The fraction of sp³-hybridized carbons (Fsp3) is 0.650. The molecule has 0 aromatic heterocycles. The Balaban J connectivity index is 4.53. The van der Waals surface area contributed by atoms with Crippen LogP contribution in [0.2, 0.25) is 0 Å². The van der Waals surface area contributed by atoms with Gasteiger partial charge in [-0.2, -0.15) is 0 Å². The summed E-state index contributed by atoms with van der Waals surface area (Å²) in [5.41, 5.74) is 0.144. The summed E-state index contributed by atoms with van der Waals surface area (Å²) in [6, 6.07) is 0. The van der Waals surface area contributed by atoms with Crippen molar-refractivity contribution < 1.29 is 29.3 Å². The highest BCUT2D eigenvalue weighted by atomic mass is 16.5. The standard InChI is InChI=1S/C20H32O6/c1-4-6-8-9-14-26-20(25)15(3)11-10-13-17(19(23)24)16(18(21)22)12-7-5-2/h3-14H2,1-2H3,(H,21,22)(H,23,24). The molecule has 0 bridgehead atoms. The van der Waals surface area contributed by atoms with Crippen LogP contribution in [0.15, 0.2) is 23.3 Å². The SMILES string of the molecule is C=C(CCCC(C(=O)O)=C(CCCC)C(=O)O)C(=O)OCCCCCC. The minimum absolute atomic E-state index is 0.0523. The van der Waals surface area contributed by atoms with E-state index in [9.17, 15) is 24.6 Å². The van der Waals surface area contributed by atoms with Gasteiger partial charge >= 0.3 is 17.9 Å². The van der Waals surface area contributed by atoms with Crippen molar-refractivity contribution in [1.29, 1.82) is 0 Å². The number of carbonyl (C=O) groups excluding carboxylic acids is 1. The highest BCUT2D eigenvalue weighted by Crippen LogP contribution is 2.20. The first-order valence-corrected chi connectivity index (χ1v) is 9.38. The number of carboxylic acid groups (broad SMARTS) is 2. The summed E-state index contributed by atoms with van der Waals surface area (Å²) in [6.07, 6.45) is 6.39. The Bertz CT molecular complexity index is 518. The van der Waals surface area contributed by atoms with Crippen LogP contribution in [0, 0.1) is 0 Å². The van der Waals surface area contributed by atoms with E-state index in [-0.39, 0.29) is 36.0 Å². The average Bonchev–Trinajstić information content (AvgIpc) is 2.59. The molecular formula is C20H32O6. The summed E-state index contributed by atoms with van der Waals surface area (Å²) in [5.74, 6) is -2.88. The molecule has 26 heavy (non-hydrogen) atoms. The maximum absolute atomic E-state index is 11.8. The molecule has 0 fully saturated rings. The summed E-state index contributed by atoms with van der Waals surface area (Å²) >= 11 is 0. The molecule has 0 aliphatic heterocycles. The Hall–Kier alpha value is -2.11. The van der Waals surface area contributed by atoms with E-state index in [1.165, 1.54) is 0 Å². The fourth-order valence-electron chi connectivity index (χ4n) is 2.50. The molecule has 0 saturated carbocycles. The summed E-state index contributed by atoms with van der Waals surface area (Å²) in [6.45, 7) is 8.06. The van der Waals surface area contributed by atoms with E-state index in [2.05, 4.69) is 13.5 Å². The number of unbranched alkanes of at least 4 members (excludes halogenated alkanes) is 4. The first-order chi connectivity index (χ1) is 12.3. The van der Waals surface area contributed by atoms with Gasteiger partial charge in [0.2, 0.25) is 0 Å². The van der Waals surface area contributed by atoms with E-state index >= 15 is 0 Å². The molecule has 0 spiro atoms. The fourth-order valence-corrected chi connectivity index (χ4v) is 2.50. The number of aliphatic carboxylic acids is 2. The highest BCUT2D eigenvalue weighted by molar-refractivity contribution is 5.98. The van der Waals surface area contributed by atoms with Crippen LogP contribution in [0.4, 0.5) is 0 Å². The predicted molar refractivity (Wildman–Crippen MR) is 99.9 cm³/mol. The smallest absolute Gasteiger partial charge is 0.333 e. The third-order valence-electron chi connectivity index (χ3n) is 4.09. The molecule has 2 N–H and O–H groups in total. The van der Waals surface area contributed by atoms with Gasteiger partial charge < -0.3 is 14.9 Å². The average molecular weight is 368 g/mol. The molecule has 0 heterocycles. The molecular weight excluding hydrogens is 336 g/mol. The largest absolute Gasteiger partial charge is 0.478 e. The van der Waals surface area contributed by atoms with Crippen LogP contribution < -0.4 is 0 Å². The first kappa shape index (κ1) is 23.9. The zero-order valence-corrected chi connectivity index (χ0v) is 16.0. The molecule has 0 atom stereocenters. The van der Waals surface area contributed by atoms with Crippen molar-refractivity contribution in [1.82, 2.24) is 0 Å². The van der Waals surface area contributed by atoms with Gasteiger partial charge in [-0.05, 0) is 38.5 Å². The van der Waals surface area contributed by atoms with E-state index in [0.29, 0.717) is 19.4 Å². The lowest BCUT2D eigenvalue weighted by Crippen LogP contribution is -2.12. The Morgan fingerprint density at radius 1 is 0.769 bits per heavy atom. The molecule has 0 amide bonds. The summed E-state index contributed by atoms with van der Waals surface area (Å²) in [7, 11) is 0. The van der Waals surface area contributed by atoms with Crippen LogP contribution in [0.5, 0.6) is 0 Å².